The Hall–Kier alpha value is -2.82. The molecule has 0 fully saturated rings. The molecule has 0 heterocycles. The Labute approximate surface area is 110 Å². The lowest BCUT2D eigenvalue weighted by atomic mass is 10.2. The second-order valence-corrected chi connectivity index (χ2v) is 3.78. The van der Waals surface area contributed by atoms with Crippen molar-refractivity contribution in [1.82, 2.24) is 5.43 Å². The topological polar surface area (TPSA) is 73.7 Å². The summed E-state index contributed by atoms with van der Waals surface area (Å²) in [5.74, 6) is 0.187. The third-order valence-corrected chi connectivity index (χ3v) is 2.30. The smallest absolute Gasteiger partial charge is 0.339 e. The Kier molecular flexibility index (Phi) is 4.12. The average molecular weight is 255 g/mol. The fourth-order valence-corrected chi connectivity index (χ4v) is 1.41. The van der Waals surface area contributed by atoms with Crippen LogP contribution in [0.5, 0.6) is 5.75 Å². The minimum atomic E-state index is -0.416. The standard InChI is InChI=1S/C14H13N3O2/c18-13-8-6-11(7-9-13)10-15-17-14(19)16-12-4-2-1-3-5-12/h1-10,18H,(H2,16,17,19). The van der Waals surface area contributed by atoms with E-state index < -0.39 is 6.03 Å². The van der Waals surface area contributed by atoms with Crippen LogP contribution in [-0.4, -0.2) is 17.4 Å². The van der Waals surface area contributed by atoms with E-state index in [-0.39, 0.29) is 5.75 Å². The monoisotopic (exact) mass is 255 g/mol. The van der Waals surface area contributed by atoms with Crippen molar-refractivity contribution in [1.29, 1.82) is 0 Å². The fourth-order valence-electron chi connectivity index (χ4n) is 1.41. The molecule has 0 bridgehead atoms. The fraction of sp³-hybridized carbons (Fsp3) is 0. The molecule has 0 aliphatic carbocycles. The number of phenols is 1. The quantitative estimate of drug-likeness (QED) is 0.582. The van der Waals surface area contributed by atoms with Crippen LogP contribution in [0.15, 0.2) is 59.7 Å². The van der Waals surface area contributed by atoms with Gasteiger partial charge in [-0.05, 0) is 42.0 Å². The number of phenolic OH excluding ortho intramolecular Hbond substituents is 1. The van der Waals surface area contributed by atoms with Crippen molar-refractivity contribution >= 4 is 17.9 Å². The van der Waals surface area contributed by atoms with Crippen LogP contribution in [0.4, 0.5) is 10.5 Å². The van der Waals surface area contributed by atoms with Crippen LogP contribution < -0.4 is 10.7 Å². The van der Waals surface area contributed by atoms with Gasteiger partial charge in [0.05, 0.1) is 6.21 Å². The molecule has 0 aromatic heterocycles. The molecule has 0 atom stereocenters. The zero-order valence-corrected chi connectivity index (χ0v) is 10.1. The minimum Gasteiger partial charge on any atom is -0.508 e. The summed E-state index contributed by atoms with van der Waals surface area (Å²) in [7, 11) is 0. The van der Waals surface area contributed by atoms with Gasteiger partial charge in [-0.3, -0.25) is 0 Å². The Bertz CT molecular complexity index is 565. The highest BCUT2D eigenvalue weighted by Gasteiger charge is 1.97. The molecule has 3 N–H and O–H groups in total. The highest BCUT2D eigenvalue weighted by Crippen LogP contribution is 2.07. The first-order valence-corrected chi connectivity index (χ1v) is 5.68. The zero-order valence-electron chi connectivity index (χ0n) is 10.1. The maximum atomic E-state index is 11.5. The van der Waals surface area contributed by atoms with E-state index in [4.69, 9.17) is 5.11 Å². The molecular formula is C14H13N3O2. The van der Waals surface area contributed by atoms with Crippen molar-refractivity contribution in [2.24, 2.45) is 5.10 Å². The summed E-state index contributed by atoms with van der Waals surface area (Å²) in [6.07, 6.45) is 1.49. The molecule has 0 saturated heterocycles. The van der Waals surface area contributed by atoms with Crippen molar-refractivity contribution in [2.45, 2.75) is 0 Å². The normalized spacial score (nSPS) is 10.3. The molecule has 0 spiro atoms. The predicted octanol–water partition coefficient (Wildman–Crippen LogP) is 2.55. The number of hydrogen-bond donors (Lipinski definition) is 3. The van der Waals surface area contributed by atoms with Gasteiger partial charge < -0.3 is 10.4 Å². The van der Waals surface area contributed by atoms with E-state index in [1.807, 2.05) is 18.2 Å². The van der Waals surface area contributed by atoms with Gasteiger partial charge in [-0.1, -0.05) is 18.2 Å². The van der Waals surface area contributed by atoms with Crippen LogP contribution in [0.3, 0.4) is 0 Å². The number of nitrogens with one attached hydrogen (secondary N) is 2. The number of anilines is 1. The number of rotatable bonds is 3. The van der Waals surface area contributed by atoms with Crippen LogP contribution in [0.1, 0.15) is 5.56 Å². The van der Waals surface area contributed by atoms with Gasteiger partial charge in [0.15, 0.2) is 0 Å². The lowest BCUT2D eigenvalue weighted by molar-refractivity contribution is 0.252. The average Bonchev–Trinajstić information content (AvgIpc) is 2.42. The van der Waals surface area contributed by atoms with Crippen LogP contribution in [0, 0.1) is 0 Å². The summed E-state index contributed by atoms with van der Waals surface area (Å²) in [4.78, 5) is 11.5. The van der Waals surface area contributed by atoms with E-state index in [1.165, 1.54) is 6.21 Å². The van der Waals surface area contributed by atoms with Crippen molar-refractivity contribution < 1.29 is 9.90 Å². The Morgan fingerprint density at radius 2 is 1.74 bits per heavy atom. The number of carbonyl (C=O) groups is 1. The highest BCUT2D eigenvalue weighted by molar-refractivity contribution is 5.90. The van der Waals surface area contributed by atoms with Gasteiger partial charge in [0.1, 0.15) is 5.75 Å². The molecular weight excluding hydrogens is 242 g/mol. The third-order valence-electron chi connectivity index (χ3n) is 2.30. The highest BCUT2D eigenvalue weighted by atomic mass is 16.3. The van der Waals surface area contributed by atoms with Crippen molar-refractivity contribution in [2.75, 3.05) is 5.32 Å². The summed E-state index contributed by atoms with van der Waals surface area (Å²) >= 11 is 0. The SMILES string of the molecule is O=C(NN=Cc1ccc(O)cc1)Nc1ccccc1. The van der Waals surface area contributed by atoms with E-state index in [9.17, 15) is 4.79 Å². The molecule has 2 amide bonds. The Balaban J connectivity index is 1.85. The van der Waals surface area contributed by atoms with E-state index >= 15 is 0 Å². The predicted molar refractivity (Wildman–Crippen MR) is 74.3 cm³/mol. The number of nitrogens with zero attached hydrogens (tertiary/aromatic N) is 1. The van der Waals surface area contributed by atoms with Crippen LogP contribution in [-0.2, 0) is 0 Å². The second kappa shape index (κ2) is 6.20. The molecule has 0 radical (unpaired) electrons. The zero-order chi connectivity index (χ0) is 13.5. The van der Waals surface area contributed by atoms with E-state index in [1.54, 1.807) is 36.4 Å². The lowest BCUT2D eigenvalue weighted by Gasteiger charge is -2.03. The number of aromatic hydroxyl groups is 1. The van der Waals surface area contributed by atoms with Crippen molar-refractivity contribution in [3.05, 3.63) is 60.2 Å². The van der Waals surface area contributed by atoms with Gasteiger partial charge in [-0.2, -0.15) is 5.10 Å². The molecule has 5 heteroatoms. The molecule has 0 aliphatic heterocycles. The largest absolute Gasteiger partial charge is 0.508 e. The van der Waals surface area contributed by atoms with Crippen LogP contribution >= 0.6 is 0 Å². The van der Waals surface area contributed by atoms with Gasteiger partial charge in [-0.25, -0.2) is 10.2 Å². The van der Waals surface area contributed by atoms with E-state index in [0.717, 1.165) is 5.56 Å². The maximum Gasteiger partial charge on any atom is 0.339 e. The van der Waals surface area contributed by atoms with Gasteiger partial charge in [0, 0.05) is 5.69 Å². The van der Waals surface area contributed by atoms with Crippen LogP contribution in [0.25, 0.3) is 0 Å². The molecule has 0 saturated carbocycles. The number of hydrogen-bond acceptors (Lipinski definition) is 3. The number of para-hydroxylation sites is 1. The van der Waals surface area contributed by atoms with E-state index in [2.05, 4.69) is 15.8 Å². The summed E-state index contributed by atoms with van der Waals surface area (Å²) in [5, 5.41) is 15.5. The molecule has 19 heavy (non-hydrogen) atoms. The van der Waals surface area contributed by atoms with Crippen LogP contribution in [0.2, 0.25) is 0 Å². The Morgan fingerprint density at radius 1 is 1.05 bits per heavy atom. The first-order chi connectivity index (χ1) is 9.24. The summed E-state index contributed by atoms with van der Waals surface area (Å²) in [6, 6.07) is 15.1. The second-order valence-electron chi connectivity index (χ2n) is 3.78. The molecule has 2 aromatic rings. The molecule has 5 nitrogen and oxygen atoms in total. The third kappa shape index (κ3) is 4.16. The summed E-state index contributed by atoms with van der Waals surface area (Å²) in [6.45, 7) is 0. The van der Waals surface area contributed by atoms with Crippen molar-refractivity contribution in [3.63, 3.8) is 0 Å². The number of carbonyl (C=O) groups excluding carboxylic acids is 1. The Morgan fingerprint density at radius 3 is 2.42 bits per heavy atom. The van der Waals surface area contributed by atoms with E-state index in [0.29, 0.717) is 5.69 Å². The number of benzene rings is 2. The van der Waals surface area contributed by atoms with Gasteiger partial charge in [0.2, 0.25) is 0 Å². The molecule has 0 aliphatic rings. The summed E-state index contributed by atoms with van der Waals surface area (Å²) < 4.78 is 0. The molecule has 2 rings (SSSR count). The van der Waals surface area contributed by atoms with Crippen molar-refractivity contribution in [3.8, 4) is 5.75 Å². The first kappa shape index (κ1) is 12.6. The minimum absolute atomic E-state index is 0.187. The lowest BCUT2D eigenvalue weighted by Crippen LogP contribution is -2.24. The molecule has 96 valence electrons. The number of urea groups is 1. The number of amides is 2. The van der Waals surface area contributed by atoms with Gasteiger partial charge >= 0.3 is 6.03 Å². The van der Waals surface area contributed by atoms with Gasteiger partial charge in [-0.15, -0.1) is 0 Å². The summed E-state index contributed by atoms with van der Waals surface area (Å²) in [5.41, 5.74) is 3.82. The molecule has 0 unspecified atom stereocenters. The van der Waals surface area contributed by atoms with Gasteiger partial charge in [0.25, 0.3) is 0 Å². The maximum absolute atomic E-state index is 11.5. The molecule has 2 aromatic carbocycles. The number of hydrazone groups is 1. The first-order valence-electron chi connectivity index (χ1n) is 5.68.